The molecule has 0 saturated carbocycles. The first-order chi connectivity index (χ1) is 9.49. The van der Waals surface area contributed by atoms with Crippen molar-refractivity contribution in [1.29, 1.82) is 0 Å². The van der Waals surface area contributed by atoms with Gasteiger partial charge in [-0.25, -0.2) is 0 Å². The van der Waals surface area contributed by atoms with Gasteiger partial charge in [0.1, 0.15) is 5.75 Å². The van der Waals surface area contributed by atoms with Gasteiger partial charge < -0.3 is 10.4 Å². The van der Waals surface area contributed by atoms with Gasteiger partial charge in [0.25, 0.3) is 0 Å². The summed E-state index contributed by atoms with van der Waals surface area (Å²) in [6.07, 6.45) is 0. The second kappa shape index (κ2) is 6.94. The summed E-state index contributed by atoms with van der Waals surface area (Å²) in [5, 5.41) is 13.9. The highest BCUT2D eigenvalue weighted by Crippen LogP contribution is 2.33. The highest BCUT2D eigenvalue weighted by atomic mass is 79.9. The summed E-state index contributed by atoms with van der Waals surface area (Å²) in [7, 11) is 0. The average molecular weight is 420 g/mol. The van der Waals surface area contributed by atoms with Crippen LogP contribution in [0.5, 0.6) is 5.75 Å². The van der Waals surface area contributed by atoms with Gasteiger partial charge in [-0.2, -0.15) is 0 Å². The Morgan fingerprint density at radius 3 is 2.40 bits per heavy atom. The molecular weight excluding hydrogens is 405 g/mol. The third-order valence-electron chi connectivity index (χ3n) is 3.06. The van der Waals surface area contributed by atoms with E-state index in [4.69, 9.17) is 11.6 Å². The number of benzene rings is 2. The fourth-order valence-corrected chi connectivity index (χ4v) is 3.51. The van der Waals surface area contributed by atoms with E-state index in [1.54, 1.807) is 0 Å². The first-order valence-corrected chi connectivity index (χ1v) is 8.10. The van der Waals surface area contributed by atoms with Crippen LogP contribution in [0.4, 0.5) is 0 Å². The van der Waals surface area contributed by atoms with Crippen molar-refractivity contribution in [1.82, 2.24) is 5.32 Å². The molecule has 0 aliphatic rings. The van der Waals surface area contributed by atoms with E-state index in [0.717, 1.165) is 16.1 Å². The van der Waals surface area contributed by atoms with E-state index < -0.39 is 0 Å². The van der Waals surface area contributed by atoms with Crippen LogP contribution in [-0.2, 0) is 6.54 Å². The minimum absolute atomic E-state index is 0.148. The maximum Gasteiger partial charge on any atom is 0.143 e. The molecule has 2 aromatic rings. The molecule has 0 aliphatic carbocycles. The summed E-state index contributed by atoms with van der Waals surface area (Å²) in [5.74, 6) is 0.216. The fourth-order valence-electron chi connectivity index (χ4n) is 1.93. The highest BCUT2D eigenvalue weighted by molar-refractivity contribution is 9.11. The normalized spacial score (nSPS) is 12.4. The number of phenolic OH excluding ortho intramolecular Hbond substituents is 1. The number of nitrogens with one attached hydrogen (secondary N) is 1. The van der Waals surface area contributed by atoms with Crippen LogP contribution in [0.15, 0.2) is 45.3 Å². The van der Waals surface area contributed by atoms with E-state index in [2.05, 4.69) is 44.1 Å². The molecule has 106 valence electrons. The first kappa shape index (κ1) is 15.8. The second-order valence-corrected chi connectivity index (χ2v) is 6.65. The van der Waals surface area contributed by atoms with Gasteiger partial charge in [-0.05, 0) is 68.1 Å². The van der Waals surface area contributed by atoms with Crippen LogP contribution in [0, 0.1) is 0 Å². The molecule has 2 aromatic carbocycles. The summed E-state index contributed by atoms with van der Waals surface area (Å²) in [6.45, 7) is 2.76. The smallest absolute Gasteiger partial charge is 0.143 e. The van der Waals surface area contributed by atoms with E-state index in [1.807, 2.05) is 36.4 Å². The maximum atomic E-state index is 9.69. The largest absolute Gasteiger partial charge is 0.506 e. The van der Waals surface area contributed by atoms with Gasteiger partial charge in [0.15, 0.2) is 0 Å². The van der Waals surface area contributed by atoms with E-state index in [0.29, 0.717) is 15.5 Å². The van der Waals surface area contributed by atoms with Crippen LogP contribution in [0.1, 0.15) is 24.1 Å². The molecule has 0 bridgehead atoms. The first-order valence-electron chi connectivity index (χ1n) is 6.13. The van der Waals surface area contributed by atoms with Crippen molar-refractivity contribution in [3.63, 3.8) is 0 Å². The van der Waals surface area contributed by atoms with Crippen LogP contribution < -0.4 is 5.32 Å². The Bertz CT molecular complexity index is 596. The summed E-state index contributed by atoms with van der Waals surface area (Å²) in [6, 6.07) is 11.7. The Balaban J connectivity index is 2.07. The van der Waals surface area contributed by atoms with Crippen LogP contribution in [0.2, 0.25) is 5.02 Å². The SMILES string of the molecule is CC(NCc1cc(Br)c(O)c(Br)c1)c1ccccc1Cl. The second-order valence-electron chi connectivity index (χ2n) is 4.53. The number of hydrogen-bond donors (Lipinski definition) is 2. The maximum absolute atomic E-state index is 9.69. The molecule has 2 rings (SSSR count). The molecule has 0 saturated heterocycles. The van der Waals surface area contributed by atoms with E-state index in [1.165, 1.54) is 0 Å². The number of halogens is 3. The third kappa shape index (κ3) is 3.76. The van der Waals surface area contributed by atoms with Crippen LogP contribution in [-0.4, -0.2) is 5.11 Å². The summed E-state index contributed by atoms with van der Waals surface area (Å²) in [5.41, 5.74) is 2.14. The molecular formula is C15H14Br2ClNO. The number of phenols is 1. The van der Waals surface area contributed by atoms with Crippen LogP contribution in [0.3, 0.4) is 0 Å². The van der Waals surface area contributed by atoms with Crippen molar-refractivity contribution in [3.8, 4) is 5.75 Å². The molecule has 0 fully saturated rings. The molecule has 2 N–H and O–H groups in total. The minimum Gasteiger partial charge on any atom is -0.506 e. The Morgan fingerprint density at radius 1 is 1.20 bits per heavy atom. The molecule has 1 unspecified atom stereocenters. The van der Waals surface area contributed by atoms with Crippen molar-refractivity contribution in [2.75, 3.05) is 0 Å². The van der Waals surface area contributed by atoms with Gasteiger partial charge in [0, 0.05) is 17.6 Å². The number of aromatic hydroxyl groups is 1. The monoisotopic (exact) mass is 417 g/mol. The van der Waals surface area contributed by atoms with E-state index >= 15 is 0 Å². The summed E-state index contributed by atoms with van der Waals surface area (Å²) in [4.78, 5) is 0. The average Bonchev–Trinajstić information content (AvgIpc) is 2.42. The molecule has 1 atom stereocenters. The van der Waals surface area contributed by atoms with Crippen molar-refractivity contribution in [2.24, 2.45) is 0 Å². The van der Waals surface area contributed by atoms with E-state index in [9.17, 15) is 5.11 Å². The van der Waals surface area contributed by atoms with Crippen molar-refractivity contribution in [2.45, 2.75) is 19.5 Å². The zero-order valence-electron chi connectivity index (χ0n) is 10.8. The molecule has 0 heterocycles. The lowest BCUT2D eigenvalue weighted by Gasteiger charge is -2.16. The number of rotatable bonds is 4. The fraction of sp³-hybridized carbons (Fsp3) is 0.200. The lowest BCUT2D eigenvalue weighted by molar-refractivity contribution is 0.467. The standard InChI is InChI=1S/C15H14Br2ClNO/c1-9(11-4-2-3-5-14(11)18)19-8-10-6-12(16)15(20)13(17)7-10/h2-7,9,19-20H,8H2,1H3. The van der Waals surface area contributed by atoms with Gasteiger partial charge in [-0.15, -0.1) is 0 Å². The van der Waals surface area contributed by atoms with E-state index in [-0.39, 0.29) is 11.8 Å². The van der Waals surface area contributed by atoms with Crippen LogP contribution >= 0.6 is 43.5 Å². The lowest BCUT2D eigenvalue weighted by atomic mass is 10.1. The Kier molecular flexibility index (Phi) is 5.49. The molecule has 5 heteroatoms. The van der Waals surface area contributed by atoms with Gasteiger partial charge in [-0.3, -0.25) is 0 Å². The topological polar surface area (TPSA) is 32.3 Å². The van der Waals surface area contributed by atoms with Crippen LogP contribution in [0.25, 0.3) is 0 Å². The molecule has 0 aromatic heterocycles. The zero-order chi connectivity index (χ0) is 14.7. The molecule has 0 amide bonds. The van der Waals surface area contributed by atoms with Gasteiger partial charge in [-0.1, -0.05) is 29.8 Å². The number of hydrogen-bond acceptors (Lipinski definition) is 2. The molecule has 0 aliphatic heterocycles. The Morgan fingerprint density at radius 2 is 1.80 bits per heavy atom. The molecule has 0 radical (unpaired) electrons. The predicted octanol–water partition coefficient (Wildman–Crippen LogP) is 5.42. The molecule has 2 nitrogen and oxygen atoms in total. The summed E-state index contributed by atoms with van der Waals surface area (Å²) >= 11 is 12.8. The van der Waals surface area contributed by atoms with Gasteiger partial charge in [0.05, 0.1) is 8.95 Å². The molecule has 0 spiro atoms. The van der Waals surface area contributed by atoms with Crippen molar-refractivity contribution in [3.05, 3.63) is 61.5 Å². The highest BCUT2D eigenvalue weighted by Gasteiger charge is 2.10. The van der Waals surface area contributed by atoms with Gasteiger partial charge in [0.2, 0.25) is 0 Å². The minimum atomic E-state index is 0.148. The predicted molar refractivity (Wildman–Crippen MR) is 90.2 cm³/mol. The third-order valence-corrected chi connectivity index (χ3v) is 4.61. The quantitative estimate of drug-likeness (QED) is 0.693. The van der Waals surface area contributed by atoms with Crippen molar-refractivity contribution < 1.29 is 5.11 Å². The summed E-state index contributed by atoms with van der Waals surface area (Å²) < 4.78 is 1.35. The van der Waals surface area contributed by atoms with Crippen molar-refractivity contribution >= 4 is 43.5 Å². The molecule has 20 heavy (non-hydrogen) atoms. The zero-order valence-corrected chi connectivity index (χ0v) is 14.8. The lowest BCUT2D eigenvalue weighted by Crippen LogP contribution is -2.18. The van der Waals surface area contributed by atoms with Gasteiger partial charge >= 0.3 is 0 Å². The Labute approximate surface area is 140 Å². The Hall–Kier alpha value is -0.550.